The molecule has 0 aliphatic carbocycles. The number of aryl methyl sites for hydroxylation is 1. The Morgan fingerprint density at radius 2 is 1.10 bits per heavy atom. The maximum Gasteiger partial charge on any atom is 0.175 e. The number of rotatable bonds is 12. The first kappa shape index (κ1) is 36.1. The van der Waals surface area contributed by atoms with Gasteiger partial charge < -0.3 is 23.8 Å². The van der Waals surface area contributed by atoms with Crippen LogP contribution in [-0.4, -0.2) is 127 Å². The van der Waals surface area contributed by atoms with Gasteiger partial charge in [0.2, 0.25) is 0 Å². The molecule has 0 spiro atoms. The van der Waals surface area contributed by atoms with Crippen molar-refractivity contribution >= 4 is 32.2 Å². The van der Waals surface area contributed by atoms with Crippen LogP contribution in [0.4, 0.5) is 11.4 Å². The van der Waals surface area contributed by atoms with E-state index in [0.717, 1.165) is 123 Å². The van der Waals surface area contributed by atoms with Gasteiger partial charge in [0, 0.05) is 115 Å². The maximum atomic E-state index is 12.2. The monoisotopic (exact) mass is 722 g/mol. The summed E-state index contributed by atoms with van der Waals surface area (Å²) < 4.78 is 37.0. The van der Waals surface area contributed by atoms with Gasteiger partial charge in [0.25, 0.3) is 0 Å². The molecule has 3 heterocycles. The molecule has 2 aliphatic rings. The normalized spacial score (nSPS) is 16.2. The lowest BCUT2D eigenvalue weighted by atomic mass is 9.97. The highest BCUT2D eigenvalue weighted by atomic mass is 32.2. The van der Waals surface area contributed by atoms with E-state index in [-0.39, 0.29) is 0 Å². The molecule has 0 saturated carbocycles. The van der Waals surface area contributed by atoms with E-state index >= 15 is 0 Å². The Hall–Kier alpha value is -4.26. The number of benzene rings is 4. The van der Waals surface area contributed by atoms with Gasteiger partial charge in [-0.2, -0.15) is 0 Å². The average Bonchev–Trinajstić information content (AvgIpc) is 3.52. The SMILES string of the molecule is COCCN1CCN(c2ccc(-c3cc(-c4ccc(N5CCN(CCOC)CC5)cc4)c4nc(-c5ccc(S(C)(=O)=O)cc5)n(C)c4c3)cc2)CC1. The molecule has 11 heteroatoms. The zero-order valence-electron chi connectivity index (χ0n) is 30.8. The predicted octanol–water partition coefficient (Wildman–Crippen LogP) is 5.51. The first-order valence-corrected chi connectivity index (χ1v) is 20.1. The van der Waals surface area contributed by atoms with Crippen molar-refractivity contribution in [3.05, 3.63) is 84.9 Å². The summed E-state index contributed by atoms with van der Waals surface area (Å²) in [6, 6.07) is 29.3. The van der Waals surface area contributed by atoms with E-state index < -0.39 is 9.84 Å². The van der Waals surface area contributed by atoms with Gasteiger partial charge in [-0.3, -0.25) is 9.80 Å². The molecule has 52 heavy (non-hydrogen) atoms. The fourth-order valence-corrected chi connectivity index (χ4v) is 8.03. The van der Waals surface area contributed by atoms with Crippen LogP contribution in [0.2, 0.25) is 0 Å². The first-order chi connectivity index (χ1) is 25.2. The molecule has 2 fully saturated rings. The zero-order valence-corrected chi connectivity index (χ0v) is 31.6. The molecule has 2 saturated heterocycles. The Balaban J connectivity index is 1.21. The zero-order chi connectivity index (χ0) is 36.2. The van der Waals surface area contributed by atoms with E-state index in [1.807, 2.05) is 19.2 Å². The molecule has 0 amide bonds. The number of piperazine rings is 2. The lowest BCUT2D eigenvalue weighted by Gasteiger charge is -2.36. The average molecular weight is 723 g/mol. The maximum absolute atomic E-state index is 12.2. The summed E-state index contributed by atoms with van der Waals surface area (Å²) in [5.41, 5.74) is 9.70. The second-order valence-electron chi connectivity index (χ2n) is 13.9. The van der Waals surface area contributed by atoms with Crippen LogP contribution in [-0.2, 0) is 26.4 Å². The Bertz CT molecular complexity index is 2070. The summed E-state index contributed by atoms with van der Waals surface area (Å²) in [5, 5.41) is 0. The molecule has 0 unspecified atom stereocenters. The fourth-order valence-electron chi connectivity index (χ4n) is 7.40. The van der Waals surface area contributed by atoms with Crippen molar-refractivity contribution in [3.8, 4) is 33.6 Å². The van der Waals surface area contributed by atoms with Crippen LogP contribution in [0, 0.1) is 0 Å². The molecule has 7 rings (SSSR count). The second kappa shape index (κ2) is 15.8. The van der Waals surface area contributed by atoms with Crippen molar-refractivity contribution in [1.82, 2.24) is 19.4 Å². The van der Waals surface area contributed by atoms with Crippen LogP contribution in [0.3, 0.4) is 0 Å². The van der Waals surface area contributed by atoms with E-state index in [0.29, 0.717) is 4.90 Å². The third-order valence-electron chi connectivity index (χ3n) is 10.6. The molecule has 0 radical (unpaired) electrons. The van der Waals surface area contributed by atoms with Crippen molar-refractivity contribution in [2.45, 2.75) is 4.90 Å². The lowest BCUT2D eigenvalue weighted by Crippen LogP contribution is -2.47. The highest BCUT2D eigenvalue weighted by Crippen LogP contribution is 2.37. The Kier molecular flexibility index (Phi) is 11.0. The van der Waals surface area contributed by atoms with Crippen molar-refractivity contribution in [2.24, 2.45) is 7.05 Å². The summed E-state index contributed by atoms with van der Waals surface area (Å²) >= 11 is 0. The van der Waals surface area contributed by atoms with Crippen LogP contribution in [0.1, 0.15) is 0 Å². The van der Waals surface area contributed by atoms with Gasteiger partial charge in [0.1, 0.15) is 5.82 Å². The smallest absolute Gasteiger partial charge is 0.175 e. The summed E-state index contributed by atoms with van der Waals surface area (Å²) in [4.78, 5) is 15.3. The van der Waals surface area contributed by atoms with Gasteiger partial charge in [0.15, 0.2) is 9.84 Å². The van der Waals surface area contributed by atoms with Gasteiger partial charge in [-0.15, -0.1) is 0 Å². The van der Waals surface area contributed by atoms with E-state index in [1.54, 1.807) is 26.4 Å². The lowest BCUT2D eigenvalue weighted by molar-refractivity contribution is 0.144. The minimum atomic E-state index is -3.30. The molecule has 0 bridgehead atoms. The molecule has 2 aliphatic heterocycles. The summed E-state index contributed by atoms with van der Waals surface area (Å²) in [7, 11) is 2.26. The number of hydrogen-bond acceptors (Lipinski definition) is 9. The number of ether oxygens (including phenoxy) is 2. The second-order valence-corrected chi connectivity index (χ2v) is 15.9. The molecule has 274 valence electrons. The topological polar surface area (TPSA) is 83.4 Å². The number of imidazole rings is 1. The largest absolute Gasteiger partial charge is 0.383 e. The van der Waals surface area contributed by atoms with Crippen molar-refractivity contribution < 1.29 is 17.9 Å². The summed E-state index contributed by atoms with van der Waals surface area (Å²) in [5.74, 6) is 0.788. The van der Waals surface area contributed by atoms with Crippen molar-refractivity contribution in [3.63, 3.8) is 0 Å². The van der Waals surface area contributed by atoms with Crippen LogP contribution in [0.15, 0.2) is 89.8 Å². The minimum absolute atomic E-state index is 0.297. The number of hydrogen-bond donors (Lipinski definition) is 0. The van der Waals surface area contributed by atoms with E-state index in [4.69, 9.17) is 14.5 Å². The Morgan fingerprint density at radius 1 is 0.615 bits per heavy atom. The van der Waals surface area contributed by atoms with Crippen LogP contribution < -0.4 is 9.80 Å². The third kappa shape index (κ3) is 7.89. The number of nitrogens with zero attached hydrogens (tertiary/aromatic N) is 6. The van der Waals surface area contributed by atoms with Crippen LogP contribution >= 0.6 is 0 Å². The molecule has 10 nitrogen and oxygen atoms in total. The highest BCUT2D eigenvalue weighted by Gasteiger charge is 2.21. The number of aromatic nitrogens is 2. The van der Waals surface area contributed by atoms with Gasteiger partial charge in [-0.05, 0) is 77.4 Å². The molecule has 5 aromatic rings. The molecule has 0 N–H and O–H groups in total. The first-order valence-electron chi connectivity index (χ1n) is 18.2. The molecule has 1 aromatic heterocycles. The van der Waals surface area contributed by atoms with E-state index in [1.165, 1.54) is 17.6 Å². The van der Waals surface area contributed by atoms with Gasteiger partial charge in [-0.25, -0.2) is 13.4 Å². The summed E-state index contributed by atoms with van der Waals surface area (Å²) in [6.07, 6.45) is 1.23. The van der Waals surface area contributed by atoms with E-state index in [9.17, 15) is 8.42 Å². The standard InChI is InChI=1S/C41H50N6O4S/c1-43-39-30-34(31-5-11-35(12-6-31)46-21-17-44(18-22-46)25-27-50-2)29-38(40(39)42-41(43)33-9-15-37(16-10-33)52(4,48)49)32-7-13-36(14-8-32)47-23-19-45(20-24-47)26-28-51-3/h5-16,29-30H,17-28H2,1-4H3. The number of fused-ring (bicyclic) bond motifs is 1. The third-order valence-corrected chi connectivity index (χ3v) is 11.7. The van der Waals surface area contributed by atoms with Crippen molar-refractivity contribution in [1.29, 1.82) is 0 Å². The Labute approximate surface area is 308 Å². The number of methoxy groups -OCH3 is 2. The van der Waals surface area contributed by atoms with Gasteiger partial charge in [-0.1, -0.05) is 24.3 Å². The fraction of sp³-hybridized carbons (Fsp3) is 0.390. The van der Waals surface area contributed by atoms with Crippen LogP contribution in [0.25, 0.3) is 44.7 Å². The highest BCUT2D eigenvalue weighted by molar-refractivity contribution is 7.90. The molecule has 4 aromatic carbocycles. The van der Waals surface area contributed by atoms with Gasteiger partial charge >= 0.3 is 0 Å². The molecular weight excluding hydrogens is 673 g/mol. The number of sulfone groups is 1. The minimum Gasteiger partial charge on any atom is -0.383 e. The van der Waals surface area contributed by atoms with Crippen LogP contribution in [0.5, 0.6) is 0 Å². The quantitative estimate of drug-likeness (QED) is 0.166. The summed E-state index contributed by atoms with van der Waals surface area (Å²) in [6.45, 7) is 11.6. The molecule has 0 atom stereocenters. The Morgan fingerprint density at radius 3 is 1.58 bits per heavy atom. The van der Waals surface area contributed by atoms with Gasteiger partial charge in [0.05, 0.1) is 29.1 Å². The van der Waals surface area contributed by atoms with Crippen molar-refractivity contribution in [2.75, 3.05) is 109 Å². The van der Waals surface area contributed by atoms with E-state index in [2.05, 4.69) is 84.8 Å². The number of anilines is 2. The molecular formula is C41H50N6O4S. The predicted molar refractivity (Wildman–Crippen MR) is 211 cm³/mol.